The quantitative estimate of drug-likeness (QED) is 0.674. The fourth-order valence-corrected chi connectivity index (χ4v) is 2.04. The number of alkyl halides is 4. The van der Waals surface area contributed by atoms with Gasteiger partial charge in [-0.15, -0.1) is 24.8 Å². The molecule has 82 valence electrons. The van der Waals surface area contributed by atoms with Gasteiger partial charge < -0.3 is 4.74 Å². The van der Waals surface area contributed by atoms with Crippen molar-refractivity contribution in [2.75, 3.05) is 0 Å². The highest BCUT2D eigenvalue weighted by atomic mass is 35.5. The smallest absolute Gasteiger partial charge is 0.406 e. The number of ether oxygens (including phenoxy) is 1. The van der Waals surface area contributed by atoms with Crippen LogP contribution in [0.2, 0.25) is 0 Å². The highest BCUT2D eigenvalue weighted by Crippen LogP contribution is 2.38. The lowest BCUT2D eigenvalue weighted by Gasteiger charge is -2.10. The molecule has 1 aliphatic rings. The standard InChI is InChI=1S/C10H8ClF3O/c11-9-4-2-6-1-3-7(5-8(6)9)15-10(12,13)14/h1,3,5,9H,2,4H2. The van der Waals surface area contributed by atoms with E-state index in [2.05, 4.69) is 4.74 Å². The van der Waals surface area contributed by atoms with Crippen LogP contribution < -0.4 is 4.74 Å². The zero-order valence-corrected chi connectivity index (χ0v) is 8.40. The van der Waals surface area contributed by atoms with Crippen molar-refractivity contribution in [2.45, 2.75) is 24.6 Å². The summed E-state index contributed by atoms with van der Waals surface area (Å²) in [6, 6.07) is 4.33. The first-order valence-electron chi connectivity index (χ1n) is 4.48. The highest BCUT2D eigenvalue weighted by Gasteiger charge is 2.32. The van der Waals surface area contributed by atoms with Gasteiger partial charge in [0.1, 0.15) is 5.75 Å². The molecule has 1 aliphatic carbocycles. The van der Waals surface area contributed by atoms with E-state index in [-0.39, 0.29) is 11.1 Å². The molecular formula is C10H8ClF3O. The van der Waals surface area contributed by atoms with E-state index in [0.29, 0.717) is 0 Å². The van der Waals surface area contributed by atoms with E-state index in [1.165, 1.54) is 12.1 Å². The van der Waals surface area contributed by atoms with Gasteiger partial charge in [-0.1, -0.05) is 6.07 Å². The Hall–Kier alpha value is -0.900. The second-order valence-corrected chi connectivity index (χ2v) is 3.94. The Balaban J connectivity index is 2.26. The summed E-state index contributed by atoms with van der Waals surface area (Å²) in [6.45, 7) is 0. The summed E-state index contributed by atoms with van der Waals surface area (Å²) in [5, 5.41) is -0.197. The van der Waals surface area contributed by atoms with Crippen molar-refractivity contribution in [1.29, 1.82) is 0 Å². The minimum Gasteiger partial charge on any atom is -0.406 e. The number of aryl methyl sites for hydroxylation is 1. The Morgan fingerprint density at radius 2 is 2.07 bits per heavy atom. The van der Waals surface area contributed by atoms with Gasteiger partial charge in [0.05, 0.1) is 5.38 Å². The molecule has 0 aromatic heterocycles. The minimum absolute atomic E-state index is 0.197. The van der Waals surface area contributed by atoms with Crippen LogP contribution in [0.25, 0.3) is 0 Å². The van der Waals surface area contributed by atoms with Gasteiger partial charge in [0, 0.05) is 0 Å². The van der Waals surface area contributed by atoms with E-state index in [1.807, 2.05) is 0 Å². The number of hydrogen-bond donors (Lipinski definition) is 0. The van der Waals surface area contributed by atoms with E-state index in [4.69, 9.17) is 11.6 Å². The monoisotopic (exact) mass is 236 g/mol. The third kappa shape index (κ3) is 2.37. The van der Waals surface area contributed by atoms with Gasteiger partial charge in [0.25, 0.3) is 0 Å². The maximum Gasteiger partial charge on any atom is 0.573 e. The normalized spacial score (nSPS) is 20.1. The third-order valence-electron chi connectivity index (χ3n) is 2.36. The van der Waals surface area contributed by atoms with Crippen LogP contribution in [0.4, 0.5) is 13.2 Å². The summed E-state index contributed by atoms with van der Waals surface area (Å²) in [6.07, 6.45) is -3.06. The van der Waals surface area contributed by atoms with Crippen molar-refractivity contribution in [2.24, 2.45) is 0 Å². The summed E-state index contributed by atoms with van der Waals surface area (Å²) in [7, 11) is 0. The average molecular weight is 237 g/mol. The highest BCUT2D eigenvalue weighted by molar-refractivity contribution is 6.21. The van der Waals surface area contributed by atoms with Crippen LogP contribution in [0.1, 0.15) is 22.9 Å². The van der Waals surface area contributed by atoms with Gasteiger partial charge in [-0.25, -0.2) is 0 Å². The van der Waals surface area contributed by atoms with Crippen molar-refractivity contribution >= 4 is 11.6 Å². The molecule has 0 spiro atoms. The molecule has 0 radical (unpaired) electrons. The number of benzene rings is 1. The van der Waals surface area contributed by atoms with E-state index in [0.717, 1.165) is 24.0 Å². The van der Waals surface area contributed by atoms with E-state index in [9.17, 15) is 13.2 Å². The van der Waals surface area contributed by atoms with Gasteiger partial charge >= 0.3 is 6.36 Å². The van der Waals surface area contributed by atoms with Crippen LogP contribution in [0.3, 0.4) is 0 Å². The van der Waals surface area contributed by atoms with E-state index in [1.54, 1.807) is 6.07 Å². The van der Waals surface area contributed by atoms with Gasteiger partial charge in [-0.3, -0.25) is 0 Å². The zero-order chi connectivity index (χ0) is 11.1. The molecule has 0 aliphatic heterocycles. The largest absolute Gasteiger partial charge is 0.573 e. The first kappa shape index (κ1) is 10.6. The Morgan fingerprint density at radius 1 is 1.33 bits per heavy atom. The lowest BCUT2D eigenvalue weighted by atomic mass is 10.1. The molecule has 0 N–H and O–H groups in total. The van der Waals surface area contributed by atoms with Crippen molar-refractivity contribution in [3.05, 3.63) is 29.3 Å². The van der Waals surface area contributed by atoms with E-state index < -0.39 is 6.36 Å². The summed E-state index contributed by atoms with van der Waals surface area (Å²) >= 11 is 5.95. The number of halogens is 4. The van der Waals surface area contributed by atoms with Crippen LogP contribution in [0, 0.1) is 0 Å². The summed E-state index contributed by atoms with van der Waals surface area (Å²) < 4.78 is 39.6. The molecule has 0 bridgehead atoms. The molecular weight excluding hydrogens is 229 g/mol. The first-order valence-corrected chi connectivity index (χ1v) is 4.92. The Labute approximate surface area is 89.8 Å². The first-order chi connectivity index (χ1) is 6.96. The Bertz CT molecular complexity index is 375. The molecule has 0 saturated heterocycles. The molecule has 5 heteroatoms. The zero-order valence-electron chi connectivity index (χ0n) is 7.64. The molecule has 0 amide bonds. The third-order valence-corrected chi connectivity index (χ3v) is 2.81. The lowest BCUT2D eigenvalue weighted by molar-refractivity contribution is -0.274. The van der Waals surface area contributed by atoms with Gasteiger partial charge in [0.15, 0.2) is 0 Å². The summed E-state index contributed by atoms with van der Waals surface area (Å²) in [4.78, 5) is 0. The predicted octanol–water partition coefficient (Wildman–Crippen LogP) is 3.81. The average Bonchev–Trinajstić information content (AvgIpc) is 2.45. The van der Waals surface area contributed by atoms with E-state index >= 15 is 0 Å². The van der Waals surface area contributed by atoms with Crippen LogP contribution in [0.5, 0.6) is 5.75 Å². The maximum absolute atomic E-state index is 11.9. The number of fused-ring (bicyclic) bond motifs is 1. The molecule has 1 unspecified atom stereocenters. The predicted molar refractivity (Wildman–Crippen MR) is 50.0 cm³/mol. The fourth-order valence-electron chi connectivity index (χ4n) is 1.73. The van der Waals surface area contributed by atoms with Crippen LogP contribution in [0.15, 0.2) is 18.2 Å². The molecule has 1 nitrogen and oxygen atoms in total. The summed E-state index contributed by atoms with van der Waals surface area (Å²) in [5.74, 6) is -0.200. The topological polar surface area (TPSA) is 9.23 Å². The molecule has 0 saturated carbocycles. The number of rotatable bonds is 1. The Kier molecular flexibility index (Phi) is 2.54. The molecule has 1 atom stereocenters. The second-order valence-electron chi connectivity index (χ2n) is 3.41. The van der Waals surface area contributed by atoms with Gasteiger partial charge in [-0.2, -0.15) is 0 Å². The van der Waals surface area contributed by atoms with Gasteiger partial charge in [0.2, 0.25) is 0 Å². The van der Waals surface area contributed by atoms with Gasteiger partial charge in [-0.05, 0) is 36.1 Å². The number of hydrogen-bond acceptors (Lipinski definition) is 1. The SMILES string of the molecule is FC(F)(F)Oc1ccc2c(c1)C(Cl)CC2. The molecule has 2 rings (SSSR count). The van der Waals surface area contributed by atoms with Crippen molar-refractivity contribution in [1.82, 2.24) is 0 Å². The minimum atomic E-state index is -4.64. The lowest BCUT2D eigenvalue weighted by Crippen LogP contribution is -2.17. The molecule has 1 aromatic carbocycles. The molecule has 1 aromatic rings. The van der Waals surface area contributed by atoms with Crippen LogP contribution in [-0.2, 0) is 6.42 Å². The fraction of sp³-hybridized carbons (Fsp3) is 0.400. The second kappa shape index (κ2) is 3.59. The van der Waals surface area contributed by atoms with Crippen molar-refractivity contribution in [3.8, 4) is 5.75 Å². The van der Waals surface area contributed by atoms with Crippen LogP contribution in [-0.4, -0.2) is 6.36 Å². The van der Waals surface area contributed by atoms with Crippen molar-refractivity contribution in [3.63, 3.8) is 0 Å². The Morgan fingerprint density at radius 3 is 2.73 bits per heavy atom. The molecule has 0 heterocycles. The molecule has 0 fully saturated rings. The maximum atomic E-state index is 11.9. The van der Waals surface area contributed by atoms with Crippen molar-refractivity contribution < 1.29 is 17.9 Å². The summed E-state index contributed by atoms with van der Waals surface area (Å²) in [5.41, 5.74) is 1.75. The van der Waals surface area contributed by atoms with Crippen LogP contribution >= 0.6 is 11.6 Å². The molecule has 15 heavy (non-hydrogen) atoms.